The van der Waals surface area contributed by atoms with Crippen LogP contribution in [-0.4, -0.2) is 6.71 Å². The molecular formula is C66H53BN2. The molecule has 0 aromatic heterocycles. The van der Waals surface area contributed by atoms with Crippen molar-refractivity contribution in [2.45, 2.75) is 52.4 Å². The van der Waals surface area contributed by atoms with Crippen molar-refractivity contribution in [2.75, 3.05) is 9.80 Å². The van der Waals surface area contributed by atoms with Crippen LogP contribution in [0.3, 0.4) is 0 Å². The predicted octanol–water partition coefficient (Wildman–Crippen LogP) is 16.3. The number of hydrogen-bond acceptors (Lipinski definition) is 2. The van der Waals surface area contributed by atoms with E-state index in [1.54, 1.807) is 0 Å². The first-order valence-electron chi connectivity index (χ1n) is 24.5. The molecule has 0 radical (unpaired) electrons. The van der Waals surface area contributed by atoms with Crippen molar-refractivity contribution in [3.8, 4) is 22.3 Å². The van der Waals surface area contributed by atoms with E-state index >= 15 is 0 Å². The standard InChI is InChI=1S/C66H53BN2/c1-65(2,3)55-34-51(42-20-10-7-11-21-42)35-56(66(4,5)6)63(55)52-40-61-64-62(41-52)69(54-28-14-9-15-29-54)60-39-50-33-46-25-19-17-23-44(46)31-48(50)37-58(60)67(64)57-36-47-30-43-22-16-18-24-45(43)32-49(47)38-59(57)68(61)53-26-12-8-13-27-53/h7-41H,1-6H3. The summed E-state index contributed by atoms with van der Waals surface area (Å²) in [5, 5.41) is 10.00. The van der Waals surface area contributed by atoms with Crippen molar-refractivity contribution in [1.82, 2.24) is 0 Å². The van der Waals surface area contributed by atoms with Gasteiger partial charge < -0.3 is 9.80 Å². The smallest absolute Gasteiger partial charge is 0.252 e. The van der Waals surface area contributed by atoms with Crippen LogP contribution in [-0.2, 0) is 10.8 Å². The van der Waals surface area contributed by atoms with E-state index in [1.165, 1.54) is 116 Å². The van der Waals surface area contributed by atoms with Crippen LogP contribution in [0.15, 0.2) is 212 Å². The van der Waals surface area contributed by atoms with Crippen LogP contribution >= 0.6 is 0 Å². The first kappa shape index (κ1) is 41.3. The maximum absolute atomic E-state index is 2.58. The predicted molar refractivity (Wildman–Crippen MR) is 299 cm³/mol. The van der Waals surface area contributed by atoms with Crippen LogP contribution in [0.4, 0.5) is 34.1 Å². The highest BCUT2D eigenvalue weighted by atomic mass is 15.2. The molecule has 11 aromatic carbocycles. The summed E-state index contributed by atoms with van der Waals surface area (Å²) >= 11 is 0. The largest absolute Gasteiger partial charge is 0.311 e. The van der Waals surface area contributed by atoms with Crippen molar-refractivity contribution in [1.29, 1.82) is 0 Å². The first-order chi connectivity index (χ1) is 33.5. The normalized spacial score (nSPS) is 13.3. The first-order valence-corrected chi connectivity index (χ1v) is 24.5. The fraction of sp³-hybridized carbons (Fsp3) is 0.121. The van der Waals surface area contributed by atoms with E-state index in [-0.39, 0.29) is 17.5 Å². The molecule has 3 heteroatoms. The Bertz CT molecular complexity index is 3630. The van der Waals surface area contributed by atoms with Gasteiger partial charge >= 0.3 is 0 Å². The number of hydrogen-bond donors (Lipinski definition) is 0. The van der Waals surface area contributed by atoms with Gasteiger partial charge in [-0.15, -0.1) is 0 Å². The molecule has 0 spiro atoms. The Morgan fingerprint density at radius 3 is 1.06 bits per heavy atom. The number of nitrogens with zero attached hydrogens (tertiary/aromatic N) is 2. The molecule has 0 N–H and O–H groups in total. The maximum atomic E-state index is 2.58. The van der Waals surface area contributed by atoms with Gasteiger partial charge in [-0.2, -0.15) is 0 Å². The van der Waals surface area contributed by atoms with Crippen LogP contribution in [0.5, 0.6) is 0 Å². The van der Waals surface area contributed by atoms with Crippen LogP contribution in [0, 0.1) is 0 Å². The summed E-state index contributed by atoms with van der Waals surface area (Å²) < 4.78 is 0. The van der Waals surface area contributed by atoms with E-state index in [2.05, 4.69) is 264 Å². The molecule has 0 fully saturated rings. The van der Waals surface area contributed by atoms with Crippen LogP contribution < -0.4 is 26.2 Å². The number of fused-ring (bicyclic) bond motifs is 8. The molecule has 0 aliphatic carbocycles. The number of rotatable bonds is 4. The van der Waals surface area contributed by atoms with Gasteiger partial charge in [-0.1, -0.05) is 169 Å². The summed E-state index contributed by atoms with van der Waals surface area (Å²) in [7, 11) is 0. The van der Waals surface area contributed by atoms with Gasteiger partial charge in [0.1, 0.15) is 0 Å². The molecule has 0 amide bonds. The molecule has 11 aromatic rings. The van der Waals surface area contributed by atoms with E-state index in [0.717, 1.165) is 11.4 Å². The van der Waals surface area contributed by atoms with E-state index in [0.29, 0.717) is 0 Å². The minimum Gasteiger partial charge on any atom is -0.311 e. The third kappa shape index (κ3) is 6.70. The zero-order valence-corrected chi connectivity index (χ0v) is 40.2. The molecule has 2 aliphatic rings. The Morgan fingerprint density at radius 2 is 0.667 bits per heavy atom. The quantitative estimate of drug-likeness (QED) is 0.128. The third-order valence-electron chi connectivity index (χ3n) is 14.9. The molecule has 0 unspecified atom stereocenters. The fourth-order valence-electron chi connectivity index (χ4n) is 11.7. The second-order valence-electron chi connectivity index (χ2n) is 21.4. The average molecular weight is 885 g/mol. The number of para-hydroxylation sites is 2. The van der Waals surface area contributed by atoms with Crippen molar-refractivity contribution >= 4 is 100 Å². The van der Waals surface area contributed by atoms with Crippen LogP contribution in [0.1, 0.15) is 52.7 Å². The molecule has 330 valence electrons. The molecule has 13 rings (SSSR count). The average Bonchev–Trinajstić information content (AvgIpc) is 3.36. The molecule has 2 heterocycles. The number of benzene rings is 11. The minimum atomic E-state index is -0.170. The molecule has 0 atom stereocenters. The molecule has 0 saturated heterocycles. The summed E-state index contributed by atoms with van der Waals surface area (Å²) in [5.41, 5.74) is 18.5. The van der Waals surface area contributed by atoms with Gasteiger partial charge in [0.2, 0.25) is 0 Å². The molecule has 2 aliphatic heterocycles. The summed E-state index contributed by atoms with van der Waals surface area (Å²) in [6.45, 7) is 14.2. The lowest BCUT2D eigenvalue weighted by Crippen LogP contribution is -2.61. The van der Waals surface area contributed by atoms with Gasteiger partial charge in [-0.3, -0.25) is 0 Å². The zero-order chi connectivity index (χ0) is 46.8. The van der Waals surface area contributed by atoms with Gasteiger partial charge in [-0.25, -0.2) is 0 Å². The third-order valence-corrected chi connectivity index (χ3v) is 14.9. The van der Waals surface area contributed by atoms with Gasteiger partial charge in [-0.05, 0) is 189 Å². The SMILES string of the molecule is CC(C)(C)c1cc(-c2ccccc2)cc(C(C)(C)C)c1-c1cc2c3c(c1)N(c1ccccc1)c1cc4cc5ccccc5cc4cc1B3c1cc3cc4ccccc4cc3cc1N2c1ccccc1. The Morgan fingerprint density at radius 1 is 0.304 bits per heavy atom. The molecule has 69 heavy (non-hydrogen) atoms. The van der Waals surface area contributed by atoms with E-state index in [1.807, 2.05) is 0 Å². The Hall–Kier alpha value is -7.88. The molecular weight excluding hydrogens is 832 g/mol. The number of anilines is 6. The summed E-state index contributed by atoms with van der Waals surface area (Å²) in [6.07, 6.45) is 0. The van der Waals surface area contributed by atoms with Crippen molar-refractivity contribution in [3.63, 3.8) is 0 Å². The summed E-state index contributed by atoms with van der Waals surface area (Å²) in [6, 6.07) is 80.3. The fourth-order valence-corrected chi connectivity index (χ4v) is 11.7. The monoisotopic (exact) mass is 884 g/mol. The highest BCUT2D eigenvalue weighted by Crippen LogP contribution is 2.50. The van der Waals surface area contributed by atoms with Crippen molar-refractivity contribution in [2.24, 2.45) is 0 Å². The molecule has 0 saturated carbocycles. The molecule has 0 bridgehead atoms. The second-order valence-corrected chi connectivity index (χ2v) is 21.4. The van der Waals surface area contributed by atoms with Gasteiger partial charge in [0.15, 0.2) is 0 Å². The highest BCUT2D eigenvalue weighted by molar-refractivity contribution is 7.00. The van der Waals surface area contributed by atoms with Crippen LogP contribution in [0.2, 0.25) is 0 Å². The van der Waals surface area contributed by atoms with Crippen molar-refractivity contribution in [3.05, 3.63) is 223 Å². The molecule has 2 nitrogen and oxygen atoms in total. The van der Waals surface area contributed by atoms with Gasteiger partial charge in [0, 0.05) is 34.1 Å². The van der Waals surface area contributed by atoms with Gasteiger partial charge in [0.25, 0.3) is 6.71 Å². The van der Waals surface area contributed by atoms with Gasteiger partial charge in [0.05, 0.1) is 0 Å². The van der Waals surface area contributed by atoms with Crippen molar-refractivity contribution < 1.29 is 0 Å². The van der Waals surface area contributed by atoms with E-state index in [9.17, 15) is 0 Å². The lowest BCUT2D eigenvalue weighted by atomic mass is 9.33. The lowest BCUT2D eigenvalue weighted by molar-refractivity contribution is 0.572. The zero-order valence-electron chi connectivity index (χ0n) is 40.2. The lowest BCUT2D eigenvalue weighted by Gasteiger charge is -2.45. The van der Waals surface area contributed by atoms with Crippen LogP contribution in [0.25, 0.3) is 65.3 Å². The van der Waals surface area contributed by atoms with E-state index in [4.69, 9.17) is 0 Å². The Balaban J connectivity index is 1.20. The topological polar surface area (TPSA) is 6.48 Å². The Kier molecular flexibility index (Phi) is 9.18. The minimum absolute atomic E-state index is 0.0506. The van der Waals surface area contributed by atoms with E-state index < -0.39 is 0 Å². The Labute approximate surface area is 406 Å². The maximum Gasteiger partial charge on any atom is 0.252 e. The summed E-state index contributed by atoms with van der Waals surface area (Å²) in [5.74, 6) is 0. The highest BCUT2D eigenvalue weighted by Gasteiger charge is 2.44. The second kappa shape index (κ2) is 15.3. The summed E-state index contributed by atoms with van der Waals surface area (Å²) in [4.78, 5) is 5.16.